The van der Waals surface area contributed by atoms with Crippen LogP contribution in [-0.2, 0) is 0 Å². The van der Waals surface area contributed by atoms with Crippen LogP contribution in [-0.4, -0.2) is 27.3 Å². The van der Waals surface area contributed by atoms with E-state index in [1.54, 1.807) is 13.2 Å². The Kier molecular flexibility index (Phi) is 3.67. The highest BCUT2D eigenvalue weighted by atomic mass is 32.3. The Balaban J connectivity index is 1.79. The van der Waals surface area contributed by atoms with E-state index in [2.05, 4.69) is 10.2 Å². The van der Waals surface area contributed by atoms with Crippen LogP contribution >= 0.6 is 10.3 Å². The molecule has 0 aliphatic rings. The quantitative estimate of drug-likeness (QED) is 0.536. The summed E-state index contributed by atoms with van der Waals surface area (Å²) in [6.07, 6.45) is 5.46. The highest BCUT2D eigenvalue weighted by Crippen LogP contribution is 2.45. The van der Waals surface area contributed by atoms with Crippen LogP contribution in [0.25, 0.3) is 33.6 Å². The predicted molar refractivity (Wildman–Crippen MR) is 100 cm³/mol. The maximum Gasteiger partial charge on any atom is 0.247 e. The number of nitrogens with zero attached hydrogens (tertiary/aromatic N) is 2. The van der Waals surface area contributed by atoms with Crippen molar-refractivity contribution in [1.82, 2.24) is 10.2 Å². The number of furan rings is 1. The van der Waals surface area contributed by atoms with E-state index < -0.39 is 10.3 Å². The summed E-state index contributed by atoms with van der Waals surface area (Å²) >= 11 is 0. The second-order valence-corrected chi connectivity index (χ2v) is 9.30. The molecule has 0 radical (unpaired) electrons. The SMILES string of the molecule is Cc1nnc(-c2ccc3occ(-c4ccc(S(C)(C)O)cc4)c3c2)o1. The number of aryl methyl sites for hydroxylation is 1. The second kappa shape index (κ2) is 5.75. The fourth-order valence-electron chi connectivity index (χ4n) is 2.77. The monoisotopic (exact) mass is 354 g/mol. The molecule has 0 aliphatic carbocycles. The van der Waals surface area contributed by atoms with Crippen molar-refractivity contribution in [1.29, 1.82) is 0 Å². The molecule has 0 bridgehead atoms. The maximum atomic E-state index is 10.2. The maximum absolute atomic E-state index is 10.2. The largest absolute Gasteiger partial charge is 0.464 e. The molecule has 25 heavy (non-hydrogen) atoms. The van der Waals surface area contributed by atoms with Gasteiger partial charge in [-0.1, -0.05) is 12.1 Å². The van der Waals surface area contributed by atoms with Crippen molar-refractivity contribution >= 4 is 21.3 Å². The molecule has 2 aromatic carbocycles. The summed E-state index contributed by atoms with van der Waals surface area (Å²) < 4.78 is 21.4. The van der Waals surface area contributed by atoms with E-state index in [9.17, 15) is 4.55 Å². The molecule has 2 aromatic heterocycles. The molecule has 128 valence electrons. The van der Waals surface area contributed by atoms with E-state index in [0.717, 1.165) is 32.6 Å². The summed E-state index contributed by atoms with van der Waals surface area (Å²) in [7, 11) is -1.72. The number of hydrogen-bond donors (Lipinski definition) is 1. The number of rotatable bonds is 3. The molecule has 0 aliphatic heterocycles. The van der Waals surface area contributed by atoms with Crippen LogP contribution in [0.3, 0.4) is 0 Å². The first-order valence-corrected chi connectivity index (χ1v) is 10.2. The van der Waals surface area contributed by atoms with Gasteiger partial charge in [-0.2, -0.15) is 0 Å². The third-order valence-corrected chi connectivity index (χ3v) is 5.51. The summed E-state index contributed by atoms with van der Waals surface area (Å²) in [5.41, 5.74) is 3.68. The van der Waals surface area contributed by atoms with Gasteiger partial charge in [0.05, 0.1) is 6.26 Å². The number of aromatic nitrogens is 2. The smallest absolute Gasteiger partial charge is 0.247 e. The van der Waals surface area contributed by atoms with Crippen molar-refractivity contribution in [2.24, 2.45) is 0 Å². The number of fused-ring (bicyclic) bond motifs is 1. The van der Waals surface area contributed by atoms with Gasteiger partial charge in [0.2, 0.25) is 11.8 Å². The van der Waals surface area contributed by atoms with Crippen LogP contribution in [0.1, 0.15) is 5.89 Å². The summed E-state index contributed by atoms with van der Waals surface area (Å²) in [5.74, 6) is 1.03. The molecule has 4 rings (SSSR count). The zero-order chi connectivity index (χ0) is 17.6. The lowest BCUT2D eigenvalue weighted by atomic mass is 10.0. The van der Waals surface area contributed by atoms with Crippen LogP contribution in [0, 0.1) is 6.92 Å². The van der Waals surface area contributed by atoms with Crippen LogP contribution in [0.2, 0.25) is 0 Å². The Morgan fingerprint density at radius 3 is 2.32 bits per heavy atom. The first-order valence-electron chi connectivity index (χ1n) is 7.80. The van der Waals surface area contributed by atoms with Crippen LogP contribution in [0.4, 0.5) is 0 Å². The minimum absolute atomic E-state index is 0.493. The van der Waals surface area contributed by atoms with Crippen molar-refractivity contribution in [2.75, 3.05) is 12.5 Å². The zero-order valence-electron chi connectivity index (χ0n) is 14.2. The van der Waals surface area contributed by atoms with Gasteiger partial charge in [0, 0.05) is 28.3 Å². The van der Waals surface area contributed by atoms with Gasteiger partial charge in [-0.05, 0) is 48.4 Å². The molecular weight excluding hydrogens is 336 g/mol. The lowest BCUT2D eigenvalue weighted by Gasteiger charge is -2.23. The van der Waals surface area contributed by atoms with Gasteiger partial charge in [-0.3, -0.25) is 0 Å². The molecule has 1 N–H and O–H groups in total. The molecule has 5 nitrogen and oxygen atoms in total. The molecule has 0 saturated carbocycles. The Morgan fingerprint density at radius 1 is 0.960 bits per heavy atom. The fraction of sp³-hybridized carbons (Fsp3) is 0.158. The van der Waals surface area contributed by atoms with Gasteiger partial charge < -0.3 is 13.4 Å². The van der Waals surface area contributed by atoms with E-state index in [-0.39, 0.29) is 0 Å². The third-order valence-electron chi connectivity index (χ3n) is 4.09. The average Bonchev–Trinajstić information content (AvgIpc) is 3.19. The van der Waals surface area contributed by atoms with Gasteiger partial charge in [0.1, 0.15) is 5.58 Å². The third kappa shape index (κ3) is 2.94. The average molecular weight is 354 g/mol. The van der Waals surface area contributed by atoms with Gasteiger partial charge >= 0.3 is 0 Å². The molecule has 4 aromatic rings. The Bertz CT molecular complexity index is 1040. The summed E-state index contributed by atoms with van der Waals surface area (Å²) in [4.78, 5) is 0.950. The normalized spacial score (nSPS) is 12.6. The lowest BCUT2D eigenvalue weighted by Crippen LogP contribution is -1.93. The Morgan fingerprint density at radius 2 is 1.68 bits per heavy atom. The summed E-state index contributed by atoms with van der Waals surface area (Å²) in [6, 6.07) is 13.8. The first-order chi connectivity index (χ1) is 11.9. The molecule has 0 fully saturated rings. The van der Waals surface area contributed by atoms with E-state index in [1.165, 1.54) is 0 Å². The number of benzene rings is 2. The molecule has 0 atom stereocenters. The topological polar surface area (TPSA) is 72.3 Å². The van der Waals surface area contributed by atoms with Crippen molar-refractivity contribution in [3.8, 4) is 22.6 Å². The zero-order valence-corrected chi connectivity index (χ0v) is 15.0. The fourth-order valence-corrected chi connectivity index (χ4v) is 3.57. The minimum atomic E-state index is -1.72. The van der Waals surface area contributed by atoms with Gasteiger partial charge in [-0.25, -0.2) is 0 Å². The van der Waals surface area contributed by atoms with Gasteiger partial charge in [0.25, 0.3) is 0 Å². The highest BCUT2D eigenvalue weighted by Gasteiger charge is 2.14. The van der Waals surface area contributed by atoms with Crippen molar-refractivity contribution in [3.05, 3.63) is 54.6 Å². The summed E-state index contributed by atoms with van der Waals surface area (Å²) in [6.45, 7) is 1.77. The van der Waals surface area contributed by atoms with Crippen molar-refractivity contribution in [2.45, 2.75) is 11.8 Å². The Labute approximate surface area is 146 Å². The molecule has 0 amide bonds. The number of hydrogen-bond acceptors (Lipinski definition) is 5. The van der Waals surface area contributed by atoms with E-state index >= 15 is 0 Å². The second-order valence-electron chi connectivity index (χ2n) is 6.28. The van der Waals surface area contributed by atoms with E-state index in [0.29, 0.717) is 11.8 Å². The highest BCUT2D eigenvalue weighted by molar-refractivity contribution is 8.28. The molecule has 0 spiro atoms. The molecule has 6 heteroatoms. The first kappa shape index (κ1) is 15.9. The minimum Gasteiger partial charge on any atom is -0.464 e. The Hall–Kier alpha value is -2.57. The van der Waals surface area contributed by atoms with E-state index in [1.807, 2.05) is 55.0 Å². The lowest BCUT2D eigenvalue weighted by molar-refractivity contribution is 0.533. The van der Waals surface area contributed by atoms with Crippen molar-refractivity contribution < 1.29 is 13.4 Å². The van der Waals surface area contributed by atoms with Crippen LogP contribution in [0.5, 0.6) is 0 Å². The van der Waals surface area contributed by atoms with E-state index in [4.69, 9.17) is 8.83 Å². The van der Waals surface area contributed by atoms with Crippen LogP contribution in [0.15, 0.2) is 62.5 Å². The molecular formula is C19H18N2O3S. The van der Waals surface area contributed by atoms with Crippen LogP contribution < -0.4 is 0 Å². The molecule has 0 saturated heterocycles. The molecule has 2 heterocycles. The standard InChI is InChI=1S/C19H18N2O3S/c1-12-20-21-19(24-12)14-6-9-18-16(10-14)17(11-23-18)13-4-7-15(8-5-13)25(2,3)22/h4-11,22H,1-3H3. The van der Waals surface area contributed by atoms with Gasteiger partial charge in [0.15, 0.2) is 0 Å². The molecule has 0 unspecified atom stereocenters. The van der Waals surface area contributed by atoms with Gasteiger partial charge in [-0.15, -0.1) is 20.5 Å². The summed E-state index contributed by atoms with van der Waals surface area (Å²) in [5, 5.41) is 8.94. The predicted octanol–water partition coefficient (Wildman–Crippen LogP) is 5.35. The van der Waals surface area contributed by atoms with Crippen molar-refractivity contribution in [3.63, 3.8) is 0 Å².